The molecule has 0 radical (unpaired) electrons. The van der Waals surface area contributed by atoms with E-state index in [1.807, 2.05) is 6.07 Å². The maximum Gasteiger partial charge on any atom is 0.340 e. The summed E-state index contributed by atoms with van der Waals surface area (Å²) in [4.78, 5) is 26.5. The van der Waals surface area contributed by atoms with Gasteiger partial charge in [0.05, 0.1) is 16.4 Å². The molecule has 9 heteroatoms. The van der Waals surface area contributed by atoms with Crippen LogP contribution in [0, 0.1) is 0 Å². The van der Waals surface area contributed by atoms with Crippen LogP contribution in [0.25, 0.3) is 5.65 Å². The molecule has 3 heterocycles. The van der Waals surface area contributed by atoms with Crippen molar-refractivity contribution in [1.29, 1.82) is 0 Å². The Bertz CT molecular complexity index is 892. The van der Waals surface area contributed by atoms with E-state index in [9.17, 15) is 9.59 Å². The summed E-state index contributed by atoms with van der Waals surface area (Å²) in [6, 6.07) is 6.87. The fourth-order valence-corrected chi connectivity index (χ4v) is 3.17. The minimum atomic E-state index is -0.577. The highest BCUT2D eigenvalue weighted by Gasteiger charge is 2.15. The van der Waals surface area contributed by atoms with E-state index in [0.717, 1.165) is 4.88 Å². The normalized spacial score (nSPS) is 10.8. The van der Waals surface area contributed by atoms with Crippen LogP contribution in [-0.4, -0.2) is 45.0 Å². The Kier molecular flexibility index (Phi) is 4.77. The molecular formula is C15H13ClN4O3S. The van der Waals surface area contributed by atoms with Gasteiger partial charge in [-0.2, -0.15) is 0 Å². The van der Waals surface area contributed by atoms with Gasteiger partial charge in [-0.3, -0.25) is 9.20 Å². The Morgan fingerprint density at radius 2 is 2.17 bits per heavy atom. The first-order chi connectivity index (χ1) is 11.5. The SMILES string of the molecule is CN(Cc1ccc(Cl)s1)C(=O)COC(=O)c1ccc2nncn2c1. The topological polar surface area (TPSA) is 76.8 Å². The Morgan fingerprint density at radius 1 is 1.33 bits per heavy atom. The van der Waals surface area contributed by atoms with Crippen molar-refractivity contribution < 1.29 is 14.3 Å². The number of carbonyl (C=O) groups excluding carboxylic acids is 2. The number of esters is 1. The first-order valence-electron chi connectivity index (χ1n) is 6.97. The molecule has 3 aromatic heterocycles. The zero-order chi connectivity index (χ0) is 17.1. The van der Waals surface area contributed by atoms with Gasteiger partial charge in [0, 0.05) is 18.1 Å². The number of rotatable bonds is 5. The maximum atomic E-state index is 12.1. The van der Waals surface area contributed by atoms with E-state index in [0.29, 0.717) is 22.1 Å². The highest BCUT2D eigenvalue weighted by atomic mass is 35.5. The van der Waals surface area contributed by atoms with E-state index < -0.39 is 5.97 Å². The van der Waals surface area contributed by atoms with E-state index in [-0.39, 0.29) is 12.5 Å². The molecule has 0 atom stereocenters. The molecule has 0 N–H and O–H groups in total. The molecule has 0 saturated carbocycles. The second kappa shape index (κ2) is 6.98. The summed E-state index contributed by atoms with van der Waals surface area (Å²) < 4.78 is 7.34. The number of amides is 1. The molecule has 0 bridgehead atoms. The summed E-state index contributed by atoms with van der Waals surface area (Å²) >= 11 is 7.27. The molecular weight excluding hydrogens is 352 g/mol. The average molecular weight is 365 g/mol. The van der Waals surface area contributed by atoms with Gasteiger partial charge in [0.25, 0.3) is 5.91 Å². The molecule has 0 aliphatic heterocycles. The standard InChI is InChI=1S/C15H13ClN4O3S/c1-19(7-11-3-4-12(16)24-11)14(21)8-23-15(22)10-2-5-13-18-17-9-20(13)6-10/h2-6,9H,7-8H2,1H3. The Balaban J connectivity index is 1.55. The number of carbonyl (C=O) groups is 2. The molecule has 0 aliphatic rings. The summed E-state index contributed by atoms with van der Waals surface area (Å²) in [5, 5.41) is 7.58. The van der Waals surface area contributed by atoms with Crippen LogP contribution < -0.4 is 0 Å². The van der Waals surface area contributed by atoms with Gasteiger partial charge in [0.15, 0.2) is 12.3 Å². The van der Waals surface area contributed by atoms with Gasteiger partial charge in [-0.05, 0) is 24.3 Å². The predicted molar refractivity (Wildman–Crippen MR) is 89.1 cm³/mol. The maximum absolute atomic E-state index is 12.1. The number of ether oxygens (including phenoxy) is 1. The van der Waals surface area contributed by atoms with E-state index in [4.69, 9.17) is 16.3 Å². The van der Waals surface area contributed by atoms with Crippen LogP contribution in [-0.2, 0) is 16.1 Å². The van der Waals surface area contributed by atoms with Crippen LogP contribution in [0.5, 0.6) is 0 Å². The van der Waals surface area contributed by atoms with Gasteiger partial charge in [-0.1, -0.05) is 11.6 Å². The zero-order valence-electron chi connectivity index (χ0n) is 12.7. The molecule has 24 heavy (non-hydrogen) atoms. The molecule has 1 amide bonds. The van der Waals surface area contributed by atoms with Crippen molar-refractivity contribution in [3.05, 3.63) is 51.6 Å². The van der Waals surface area contributed by atoms with Crippen LogP contribution in [0.2, 0.25) is 4.34 Å². The molecule has 0 aromatic carbocycles. The van der Waals surface area contributed by atoms with Gasteiger partial charge in [-0.25, -0.2) is 4.79 Å². The minimum absolute atomic E-state index is 0.293. The third kappa shape index (κ3) is 3.72. The summed E-state index contributed by atoms with van der Waals surface area (Å²) in [6.07, 6.45) is 3.04. The molecule has 3 aromatic rings. The summed E-state index contributed by atoms with van der Waals surface area (Å²) in [5.41, 5.74) is 0.944. The molecule has 124 valence electrons. The highest BCUT2D eigenvalue weighted by Crippen LogP contribution is 2.22. The Hall–Kier alpha value is -2.45. The third-order valence-electron chi connectivity index (χ3n) is 3.30. The lowest BCUT2D eigenvalue weighted by molar-refractivity contribution is -0.133. The summed E-state index contributed by atoms with van der Waals surface area (Å²) in [5.74, 6) is -0.871. The van der Waals surface area contributed by atoms with Crippen LogP contribution in [0.4, 0.5) is 0 Å². The lowest BCUT2D eigenvalue weighted by Gasteiger charge is -2.16. The quantitative estimate of drug-likeness (QED) is 0.649. The van der Waals surface area contributed by atoms with Crippen LogP contribution in [0.1, 0.15) is 15.2 Å². The lowest BCUT2D eigenvalue weighted by atomic mass is 10.3. The molecule has 0 fully saturated rings. The minimum Gasteiger partial charge on any atom is -0.452 e. The molecule has 0 unspecified atom stereocenters. The number of pyridine rings is 1. The zero-order valence-corrected chi connectivity index (χ0v) is 14.3. The van der Waals surface area contributed by atoms with Crippen LogP contribution in [0.15, 0.2) is 36.8 Å². The van der Waals surface area contributed by atoms with Gasteiger partial charge < -0.3 is 9.64 Å². The van der Waals surface area contributed by atoms with Gasteiger partial charge >= 0.3 is 5.97 Å². The number of likely N-dealkylation sites (N-methyl/N-ethyl adjacent to an activating group) is 1. The van der Waals surface area contributed by atoms with Crippen LogP contribution in [0.3, 0.4) is 0 Å². The number of hydrogen-bond donors (Lipinski definition) is 0. The second-order valence-electron chi connectivity index (χ2n) is 5.05. The molecule has 0 aliphatic carbocycles. The summed E-state index contributed by atoms with van der Waals surface area (Å²) in [6.45, 7) is 0.0924. The Morgan fingerprint density at radius 3 is 2.92 bits per heavy atom. The molecule has 3 rings (SSSR count). The average Bonchev–Trinajstić information content (AvgIpc) is 3.20. The molecule has 7 nitrogen and oxygen atoms in total. The van der Waals surface area contributed by atoms with Crippen molar-refractivity contribution in [3.63, 3.8) is 0 Å². The largest absolute Gasteiger partial charge is 0.452 e. The number of aromatic nitrogens is 3. The number of hydrogen-bond acceptors (Lipinski definition) is 6. The fourth-order valence-electron chi connectivity index (χ4n) is 2.03. The van der Waals surface area contributed by atoms with Crippen LogP contribution >= 0.6 is 22.9 Å². The van der Waals surface area contributed by atoms with Gasteiger partial charge in [-0.15, -0.1) is 21.5 Å². The highest BCUT2D eigenvalue weighted by molar-refractivity contribution is 7.16. The van der Waals surface area contributed by atoms with E-state index in [1.165, 1.54) is 22.6 Å². The predicted octanol–water partition coefficient (Wildman–Crippen LogP) is 2.26. The van der Waals surface area contributed by atoms with Crippen molar-refractivity contribution in [2.75, 3.05) is 13.7 Å². The van der Waals surface area contributed by atoms with E-state index >= 15 is 0 Å². The first kappa shape index (κ1) is 16.4. The second-order valence-corrected chi connectivity index (χ2v) is 6.85. The summed E-state index contributed by atoms with van der Waals surface area (Å²) in [7, 11) is 1.65. The van der Waals surface area contributed by atoms with Gasteiger partial charge in [0.2, 0.25) is 0 Å². The van der Waals surface area contributed by atoms with Crippen molar-refractivity contribution in [1.82, 2.24) is 19.5 Å². The third-order valence-corrected chi connectivity index (χ3v) is 4.52. The van der Waals surface area contributed by atoms with Crippen molar-refractivity contribution in [2.45, 2.75) is 6.54 Å². The monoisotopic (exact) mass is 364 g/mol. The van der Waals surface area contributed by atoms with Crippen molar-refractivity contribution >= 4 is 40.5 Å². The number of nitrogens with zero attached hydrogens (tertiary/aromatic N) is 4. The molecule has 0 spiro atoms. The first-order valence-corrected chi connectivity index (χ1v) is 8.17. The van der Waals surface area contributed by atoms with Gasteiger partial charge in [0.1, 0.15) is 6.33 Å². The number of halogens is 1. The fraction of sp³-hybridized carbons (Fsp3) is 0.200. The number of thiophene rings is 1. The van der Waals surface area contributed by atoms with Crippen molar-refractivity contribution in [2.24, 2.45) is 0 Å². The van der Waals surface area contributed by atoms with Crippen molar-refractivity contribution in [3.8, 4) is 0 Å². The number of fused-ring (bicyclic) bond motifs is 1. The van der Waals surface area contributed by atoms with E-state index in [2.05, 4.69) is 10.2 Å². The molecule has 0 saturated heterocycles. The van der Waals surface area contributed by atoms with E-state index in [1.54, 1.807) is 35.8 Å². The Labute approximate surface area is 146 Å². The smallest absolute Gasteiger partial charge is 0.340 e. The lowest BCUT2D eigenvalue weighted by Crippen LogP contribution is -2.30.